The number of nitrogens with two attached hydrogens (primary N) is 2. The molecule has 13 heavy (non-hydrogen) atoms. The molecular formula is C6H9N5O2. The number of rotatable bonds is 3. The van der Waals surface area contributed by atoms with Crippen LogP contribution in [0.5, 0.6) is 0 Å². The van der Waals surface area contributed by atoms with E-state index in [9.17, 15) is 9.59 Å². The minimum atomic E-state index is -0.632. The van der Waals surface area contributed by atoms with Crippen molar-refractivity contribution in [1.82, 2.24) is 15.2 Å². The number of nitrogens with zero attached hydrogens (tertiary/aromatic N) is 2. The lowest BCUT2D eigenvalue weighted by molar-refractivity contribution is -0.121. The van der Waals surface area contributed by atoms with E-state index in [-0.39, 0.29) is 12.2 Å². The lowest BCUT2D eigenvalue weighted by Crippen LogP contribution is -2.33. The van der Waals surface area contributed by atoms with E-state index in [1.807, 2.05) is 5.43 Å². The second-order valence-electron chi connectivity index (χ2n) is 2.33. The molecule has 1 aromatic heterocycles. The maximum atomic E-state index is 10.7. The fraction of sp³-hybridized carbons (Fsp3) is 0.167. The first-order valence-electron chi connectivity index (χ1n) is 3.46. The van der Waals surface area contributed by atoms with Crippen molar-refractivity contribution in [2.75, 3.05) is 0 Å². The average Bonchev–Trinajstić information content (AvgIpc) is 2.52. The molecule has 1 aromatic rings. The van der Waals surface area contributed by atoms with E-state index in [1.54, 1.807) is 0 Å². The highest BCUT2D eigenvalue weighted by Crippen LogP contribution is 1.93. The fourth-order valence-corrected chi connectivity index (χ4v) is 0.774. The lowest BCUT2D eigenvalue weighted by atomic mass is 10.4. The van der Waals surface area contributed by atoms with Crippen LogP contribution in [0.4, 0.5) is 0 Å². The number of amides is 2. The van der Waals surface area contributed by atoms with Gasteiger partial charge in [-0.1, -0.05) is 0 Å². The average molecular weight is 183 g/mol. The van der Waals surface area contributed by atoms with Gasteiger partial charge in [0.2, 0.25) is 0 Å². The minimum Gasteiger partial charge on any atom is -0.364 e. The second-order valence-corrected chi connectivity index (χ2v) is 2.33. The van der Waals surface area contributed by atoms with Crippen molar-refractivity contribution in [2.24, 2.45) is 11.6 Å². The van der Waals surface area contributed by atoms with E-state index in [2.05, 4.69) is 5.10 Å². The topological polar surface area (TPSA) is 116 Å². The quantitative estimate of drug-likeness (QED) is 0.284. The first-order valence-corrected chi connectivity index (χ1v) is 3.46. The number of primary amides is 1. The Hall–Kier alpha value is -1.89. The molecule has 70 valence electrons. The molecule has 7 heteroatoms. The molecule has 0 saturated carbocycles. The normalized spacial score (nSPS) is 9.62. The van der Waals surface area contributed by atoms with Crippen LogP contribution in [0.2, 0.25) is 0 Å². The van der Waals surface area contributed by atoms with Gasteiger partial charge in [0.05, 0.1) is 0 Å². The zero-order chi connectivity index (χ0) is 9.84. The summed E-state index contributed by atoms with van der Waals surface area (Å²) in [7, 11) is 0. The van der Waals surface area contributed by atoms with E-state index >= 15 is 0 Å². The first-order chi connectivity index (χ1) is 6.13. The van der Waals surface area contributed by atoms with Crippen molar-refractivity contribution >= 4 is 11.8 Å². The van der Waals surface area contributed by atoms with Crippen molar-refractivity contribution in [3.05, 3.63) is 18.0 Å². The molecule has 0 aromatic carbocycles. The molecule has 0 radical (unpaired) electrons. The van der Waals surface area contributed by atoms with E-state index < -0.39 is 11.8 Å². The van der Waals surface area contributed by atoms with Crippen LogP contribution >= 0.6 is 0 Å². The molecular weight excluding hydrogens is 174 g/mol. The van der Waals surface area contributed by atoms with Crippen molar-refractivity contribution < 1.29 is 9.59 Å². The van der Waals surface area contributed by atoms with Crippen LogP contribution in [-0.4, -0.2) is 21.6 Å². The fourth-order valence-electron chi connectivity index (χ4n) is 0.774. The van der Waals surface area contributed by atoms with Crippen molar-refractivity contribution in [1.29, 1.82) is 0 Å². The van der Waals surface area contributed by atoms with Crippen LogP contribution in [0.25, 0.3) is 0 Å². The molecule has 0 fully saturated rings. The molecule has 0 atom stereocenters. The molecule has 0 saturated heterocycles. The van der Waals surface area contributed by atoms with Gasteiger partial charge < -0.3 is 5.73 Å². The van der Waals surface area contributed by atoms with E-state index in [0.717, 1.165) is 0 Å². The van der Waals surface area contributed by atoms with Gasteiger partial charge >= 0.3 is 0 Å². The molecule has 2 amide bonds. The summed E-state index contributed by atoms with van der Waals surface area (Å²) in [5.41, 5.74) is 7.00. The van der Waals surface area contributed by atoms with Crippen molar-refractivity contribution in [3.63, 3.8) is 0 Å². The van der Waals surface area contributed by atoms with Crippen LogP contribution in [0, 0.1) is 0 Å². The molecule has 0 aliphatic rings. The molecule has 0 unspecified atom stereocenters. The number of hydrogen-bond donors (Lipinski definition) is 3. The van der Waals surface area contributed by atoms with E-state index in [1.165, 1.54) is 16.9 Å². The van der Waals surface area contributed by atoms with Gasteiger partial charge in [-0.2, -0.15) is 5.10 Å². The summed E-state index contributed by atoms with van der Waals surface area (Å²) < 4.78 is 1.27. The van der Waals surface area contributed by atoms with Crippen LogP contribution in [0.1, 0.15) is 10.5 Å². The predicted molar refractivity (Wildman–Crippen MR) is 43.1 cm³/mol. The Bertz CT molecular complexity index is 332. The predicted octanol–water partition coefficient (Wildman–Crippen LogP) is -2.03. The molecule has 0 spiro atoms. The van der Waals surface area contributed by atoms with Crippen LogP contribution < -0.4 is 17.0 Å². The standard InChI is InChI=1S/C6H9N5O2/c7-6(13)4-1-2-11(10-4)3-5(12)9-8/h1-2H,3,8H2,(H2,7,13)(H,9,12). The highest BCUT2D eigenvalue weighted by molar-refractivity contribution is 5.90. The highest BCUT2D eigenvalue weighted by atomic mass is 16.2. The van der Waals surface area contributed by atoms with Crippen LogP contribution in [0.15, 0.2) is 12.3 Å². The first kappa shape index (κ1) is 9.20. The number of nitrogens with one attached hydrogen (secondary N) is 1. The van der Waals surface area contributed by atoms with Gasteiger partial charge in [0, 0.05) is 6.20 Å². The third kappa shape index (κ3) is 2.27. The summed E-state index contributed by atoms with van der Waals surface area (Å²) in [5, 5.41) is 3.72. The van der Waals surface area contributed by atoms with Gasteiger partial charge in [-0.25, -0.2) is 5.84 Å². The number of hydrazine groups is 1. The Labute approximate surface area is 73.7 Å². The number of aromatic nitrogens is 2. The third-order valence-electron chi connectivity index (χ3n) is 1.36. The third-order valence-corrected chi connectivity index (χ3v) is 1.36. The molecule has 0 aliphatic heterocycles. The summed E-state index contributed by atoms with van der Waals surface area (Å²) in [4.78, 5) is 21.3. The Kier molecular flexibility index (Phi) is 2.60. The summed E-state index contributed by atoms with van der Waals surface area (Å²) in [6.07, 6.45) is 1.47. The largest absolute Gasteiger partial charge is 0.364 e. The van der Waals surface area contributed by atoms with Crippen LogP contribution in [-0.2, 0) is 11.3 Å². The number of hydrogen-bond acceptors (Lipinski definition) is 4. The summed E-state index contributed by atoms with van der Waals surface area (Å²) >= 11 is 0. The highest BCUT2D eigenvalue weighted by Gasteiger charge is 2.06. The molecule has 0 bridgehead atoms. The lowest BCUT2D eigenvalue weighted by Gasteiger charge is -1.98. The summed E-state index contributed by atoms with van der Waals surface area (Å²) in [6.45, 7) is -0.0379. The van der Waals surface area contributed by atoms with E-state index in [4.69, 9.17) is 11.6 Å². The van der Waals surface area contributed by atoms with Gasteiger partial charge in [-0.05, 0) is 6.07 Å². The van der Waals surface area contributed by atoms with Gasteiger partial charge in [0.1, 0.15) is 12.2 Å². The van der Waals surface area contributed by atoms with Crippen LogP contribution in [0.3, 0.4) is 0 Å². The molecule has 7 nitrogen and oxygen atoms in total. The van der Waals surface area contributed by atoms with E-state index in [0.29, 0.717) is 0 Å². The van der Waals surface area contributed by atoms with Gasteiger partial charge in [-0.15, -0.1) is 0 Å². The van der Waals surface area contributed by atoms with Gasteiger partial charge in [0.15, 0.2) is 0 Å². The maximum Gasteiger partial charge on any atom is 0.269 e. The molecule has 0 aliphatic carbocycles. The maximum absolute atomic E-state index is 10.7. The van der Waals surface area contributed by atoms with Crippen molar-refractivity contribution in [2.45, 2.75) is 6.54 Å². The molecule has 5 N–H and O–H groups in total. The second kappa shape index (κ2) is 3.68. The number of carbonyl (C=O) groups is 2. The summed E-state index contributed by atoms with van der Waals surface area (Å²) in [6, 6.07) is 1.42. The summed E-state index contributed by atoms with van der Waals surface area (Å²) in [5.74, 6) is 3.82. The van der Waals surface area contributed by atoms with Crippen molar-refractivity contribution in [3.8, 4) is 0 Å². The van der Waals surface area contributed by atoms with Gasteiger partial charge in [-0.3, -0.25) is 19.7 Å². The Balaban J connectivity index is 2.69. The minimum absolute atomic E-state index is 0.0379. The Morgan fingerprint density at radius 3 is 2.77 bits per heavy atom. The Morgan fingerprint density at radius 2 is 2.31 bits per heavy atom. The Morgan fingerprint density at radius 1 is 1.62 bits per heavy atom. The molecule has 1 rings (SSSR count). The molecule has 1 heterocycles. The monoisotopic (exact) mass is 183 g/mol. The zero-order valence-electron chi connectivity index (χ0n) is 6.73. The number of carbonyl (C=O) groups excluding carboxylic acids is 2. The zero-order valence-corrected chi connectivity index (χ0v) is 6.73. The van der Waals surface area contributed by atoms with Gasteiger partial charge in [0.25, 0.3) is 11.8 Å². The SMILES string of the molecule is NNC(=O)Cn1ccc(C(N)=O)n1. The smallest absolute Gasteiger partial charge is 0.269 e.